The molecule has 0 aliphatic carbocycles. The third-order valence-electron chi connectivity index (χ3n) is 2.37. The minimum Gasteiger partial charge on any atom is -0.507 e. The van der Waals surface area contributed by atoms with Gasteiger partial charge in [0.25, 0.3) is 5.91 Å². The lowest BCUT2D eigenvalue weighted by Gasteiger charge is -2.06. The highest BCUT2D eigenvalue weighted by molar-refractivity contribution is 6.31. The summed E-state index contributed by atoms with van der Waals surface area (Å²) in [5.41, 5.74) is 3.29. The third kappa shape index (κ3) is 3.75. The first-order chi connectivity index (χ1) is 7.91. The summed E-state index contributed by atoms with van der Waals surface area (Å²) in [7, 11) is 0. The van der Waals surface area contributed by atoms with Gasteiger partial charge in [0, 0.05) is 10.7 Å². The molecule has 0 fully saturated rings. The third-order valence-corrected chi connectivity index (χ3v) is 2.61. The molecular formula is C12H15ClN2O2. The second-order valence-electron chi connectivity index (χ2n) is 4.01. The van der Waals surface area contributed by atoms with Gasteiger partial charge < -0.3 is 5.11 Å². The zero-order valence-corrected chi connectivity index (χ0v) is 10.7. The summed E-state index contributed by atoms with van der Waals surface area (Å²) >= 11 is 5.75. The van der Waals surface area contributed by atoms with Gasteiger partial charge in [-0.3, -0.25) is 4.79 Å². The van der Waals surface area contributed by atoms with Crippen molar-refractivity contribution in [3.05, 3.63) is 28.8 Å². The van der Waals surface area contributed by atoms with Gasteiger partial charge in [-0.1, -0.05) is 25.4 Å². The predicted octanol–water partition coefficient (Wildman–Crippen LogP) is 2.81. The van der Waals surface area contributed by atoms with Crippen LogP contribution in [0.25, 0.3) is 0 Å². The average Bonchev–Trinajstić information content (AvgIpc) is 2.28. The number of carbonyl (C=O) groups excluding carboxylic acids is 1. The van der Waals surface area contributed by atoms with Gasteiger partial charge in [0.1, 0.15) is 5.75 Å². The van der Waals surface area contributed by atoms with E-state index in [2.05, 4.69) is 10.5 Å². The molecule has 1 aromatic rings. The second-order valence-corrected chi connectivity index (χ2v) is 4.45. The van der Waals surface area contributed by atoms with E-state index in [0.29, 0.717) is 5.02 Å². The normalized spacial score (nSPS) is 11.7. The number of hydrazone groups is 1. The van der Waals surface area contributed by atoms with E-state index in [1.807, 2.05) is 20.8 Å². The Morgan fingerprint density at radius 2 is 2.12 bits per heavy atom. The monoisotopic (exact) mass is 254 g/mol. The van der Waals surface area contributed by atoms with Crippen molar-refractivity contribution in [3.8, 4) is 5.75 Å². The number of halogens is 1. The molecule has 0 heterocycles. The Morgan fingerprint density at radius 3 is 2.71 bits per heavy atom. The number of aromatic hydroxyl groups is 1. The maximum atomic E-state index is 11.7. The fourth-order valence-electron chi connectivity index (χ4n) is 1.02. The Morgan fingerprint density at radius 1 is 1.47 bits per heavy atom. The van der Waals surface area contributed by atoms with Crippen LogP contribution in [0.2, 0.25) is 5.02 Å². The summed E-state index contributed by atoms with van der Waals surface area (Å²) in [6.07, 6.45) is 0. The number of hydrogen-bond acceptors (Lipinski definition) is 3. The molecule has 4 nitrogen and oxygen atoms in total. The van der Waals surface area contributed by atoms with Gasteiger partial charge in [-0.25, -0.2) is 5.43 Å². The molecule has 1 amide bonds. The predicted molar refractivity (Wildman–Crippen MR) is 68.5 cm³/mol. The van der Waals surface area contributed by atoms with Crippen LogP contribution in [0.5, 0.6) is 5.75 Å². The quantitative estimate of drug-likeness (QED) is 0.644. The second kappa shape index (κ2) is 5.68. The van der Waals surface area contributed by atoms with E-state index in [1.54, 1.807) is 0 Å². The maximum Gasteiger partial charge on any atom is 0.275 e. The summed E-state index contributed by atoms with van der Waals surface area (Å²) in [5, 5.41) is 13.8. The minimum absolute atomic E-state index is 0.109. The summed E-state index contributed by atoms with van der Waals surface area (Å²) in [4.78, 5) is 11.7. The van der Waals surface area contributed by atoms with Gasteiger partial charge in [-0.2, -0.15) is 5.10 Å². The molecule has 1 aromatic carbocycles. The zero-order valence-electron chi connectivity index (χ0n) is 9.99. The van der Waals surface area contributed by atoms with Crippen molar-refractivity contribution >= 4 is 23.2 Å². The number of phenols is 1. The van der Waals surface area contributed by atoms with Gasteiger partial charge in [0.15, 0.2) is 0 Å². The molecular weight excluding hydrogens is 240 g/mol. The summed E-state index contributed by atoms with van der Waals surface area (Å²) in [6.45, 7) is 5.77. The summed E-state index contributed by atoms with van der Waals surface area (Å²) < 4.78 is 0. The van der Waals surface area contributed by atoms with E-state index in [-0.39, 0.29) is 17.2 Å². The number of nitrogens with zero attached hydrogens (tertiary/aromatic N) is 1. The van der Waals surface area contributed by atoms with E-state index < -0.39 is 5.91 Å². The molecule has 0 saturated carbocycles. The topological polar surface area (TPSA) is 61.7 Å². The van der Waals surface area contributed by atoms with E-state index >= 15 is 0 Å². The number of hydrogen-bond donors (Lipinski definition) is 2. The first kappa shape index (κ1) is 13.5. The van der Waals surface area contributed by atoms with Crippen LogP contribution in [0.1, 0.15) is 31.1 Å². The number of carbonyl (C=O) groups is 1. The molecule has 1 rings (SSSR count). The van der Waals surface area contributed by atoms with Crippen LogP contribution in [0.3, 0.4) is 0 Å². The van der Waals surface area contributed by atoms with E-state index in [0.717, 1.165) is 5.71 Å². The number of nitrogens with one attached hydrogen (secondary N) is 1. The SMILES string of the molecule is C/C(=N\NC(=O)c1cc(Cl)ccc1O)C(C)C. The number of amides is 1. The summed E-state index contributed by atoms with van der Waals surface area (Å²) in [5.74, 6) is -0.349. The first-order valence-electron chi connectivity index (χ1n) is 5.25. The van der Waals surface area contributed by atoms with Crippen LogP contribution >= 0.6 is 11.6 Å². The van der Waals surface area contributed by atoms with Crippen LogP contribution < -0.4 is 5.43 Å². The van der Waals surface area contributed by atoms with Gasteiger partial charge in [0.2, 0.25) is 0 Å². The molecule has 0 aliphatic rings. The van der Waals surface area contributed by atoms with E-state index in [9.17, 15) is 9.90 Å². The van der Waals surface area contributed by atoms with Gasteiger partial charge >= 0.3 is 0 Å². The largest absolute Gasteiger partial charge is 0.507 e. The Hall–Kier alpha value is -1.55. The van der Waals surface area contributed by atoms with Crippen molar-refractivity contribution in [1.82, 2.24) is 5.43 Å². The van der Waals surface area contributed by atoms with Crippen LogP contribution in [-0.4, -0.2) is 16.7 Å². The van der Waals surface area contributed by atoms with Gasteiger partial charge in [-0.15, -0.1) is 0 Å². The van der Waals surface area contributed by atoms with Gasteiger partial charge in [0.05, 0.1) is 5.56 Å². The van der Waals surface area contributed by atoms with Crippen LogP contribution in [0.15, 0.2) is 23.3 Å². The smallest absolute Gasteiger partial charge is 0.275 e. The molecule has 0 spiro atoms. The van der Waals surface area contributed by atoms with Crippen molar-refractivity contribution in [1.29, 1.82) is 0 Å². The van der Waals surface area contributed by atoms with E-state index in [4.69, 9.17) is 11.6 Å². The van der Waals surface area contributed by atoms with Crippen molar-refractivity contribution in [3.63, 3.8) is 0 Å². The van der Waals surface area contributed by atoms with Crippen LogP contribution in [-0.2, 0) is 0 Å². The number of phenolic OH excluding ortho intramolecular Hbond substituents is 1. The van der Waals surface area contributed by atoms with Crippen molar-refractivity contribution in [2.45, 2.75) is 20.8 Å². The molecule has 17 heavy (non-hydrogen) atoms. The molecule has 0 aliphatic heterocycles. The van der Waals surface area contributed by atoms with Crippen LogP contribution in [0, 0.1) is 5.92 Å². The van der Waals surface area contributed by atoms with Crippen LogP contribution in [0.4, 0.5) is 0 Å². The molecule has 0 bridgehead atoms. The molecule has 0 radical (unpaired) electrons. The average molecular weight is 255 g/mol. The Bertz CT molecular complexity index is 456. The van der Waals surface area contributed by atoms with E-state index in [1.165, 1.54) is 18.2 Å². The molecule has 0 saturated heterocycles. The lowest BCUT2D eigenvalue weighted by molar-refractivity contribution is 0.0952. The zero-order chi connectivity index (χ0) is 13.0. The Balaban J connectivity index is 2.84. The molecule has 0 unspecified atom stereocenters. The molecule has 92 valence electrons. The van der Waals surface area contributed by atoms with Crippen molar-refractivity contribution in [2.75, 3.05) is 0 Å². The standard InChI is InChI=1S/C12H15ClN2O2/c1-7(2)8(3)14-15-12(17)10-6-9(13)4-5-11(10)16/h4-7,16H,1-3H3,(H,15,17)/b14-8+. The minimum atomic E-state index is -0.481. The Labute approximate surface area is 105 Å². The fraction of sp³-hybridized carbons (Fsp3) is 0.333. The highest BCUT2D eigenvalue weighted by Crippen LogP contribution is 2.21. The first-order valence-corrected chi connectivity index (χ1v) is 5.62. The maximum absolute atomic E-state index is 11.7. The Kier molecular flexibility index (Phi) is 4.52. The van der Waals surface area contributed by atoms with Crippen molar-refractivity contribution in [2.24, 2.45) is 11.0 Å². The highest BCUT2D eigenvalue weighted by atomic mass is 35.5. The summed E-state index contributed by atoms with van der Waals surface area (Å²) in [6, 6.07) is 4.28. The molecule has 0 aromatic heterocycles. The fourth-order valence-corrected chi connectivity index (χ4v) is 1.19. The molecule has 5 heteroatoms. The number of rotatable bonds is 3. The van der Waals surface area contributed by atoms with Crippen molar-refractivity contribution < 1.29 is 9.90 Å². The highest BCUT2D eigenvalue weighted by Gasteiger charge is 2.11. The number of benzene rings is 1. The van der Waals surface area contributed by atoms with Gasteiger partial charge in [-0.05, 0) is 31.0 Å². The molecule has 2 N–H and O–H groups in total. The lowest BCUT2D eigenvalue weighted by atomic mass is 10.1. The lowest BCUT2D eigenvalue weighted by Crippen LogP contribution is -2.20. The molecule has 0 atom stereocenters.